The van der Waals surface area contributed by atoms with E-state index in [1.54, 1.807) is 11.3 Å². The Morgan fingerprint density at radius 1 is 1.19 bits per heavy atom. The number of nitrogens with two attached hydrogens (primary N) is 2. The number of nitrogens with zero attached hydrogens (tertiary/aromatic N) is 4. The first-order valence-corrected chi connectivity index (χ1v) is 12.3. The summed E-state index contributed by atoms with van der Waals surface area (Å²) < 4.78 is 5.94. The Kier molecular flexibility index (Phi) is 9.05. The molecule has 0 radical (unpaired) electrons. The van der Waals surface area contributed by atoms with Gasteiger partial charge in [0.1, 0.15) is 10.8 Å². The third kappa shape index (κ3) is 7.31. The zero-order valence-corrected chi connectivity index (χ0v) is 20.3. The molecule has 2 heterocycles. The maximum atomic E-state index is 5.94. The average Bonchev–Trinajstić information content (AvgIpc) is 3.16. The van der Waals surface area contributed by atoms with Crippen LogP contribution in [0.2, 0.25) is 0 Å². The van der Waals surface area contributed by atoms with Crippen LogP contribution < -0.4 is 16.2 Å². The van der Waals surface area contributed by atoms with Gasteiger partial charge in [0.15, 0.2) is 0 Å². The molecule has 7 nitrogen and oxygen atoms in total. The number of aromatic nitrogens is 1. The zero-order valence-electron chi connectivity index (χ0n) is 19.5. The largest absolute Gasteiger partial charge is 0.494 e. The Balaban J connectivity index is 1.44. The first kappa shape index (κ1) is 24.2. The number of benzene rings is 1. The van der Waals surface area contributed by atoms with E-state index in [1.165, 1.54) is 45.3 Å². The summed E-state index contributed by atoms with van der Waals surface area (Å²) in [6, 6.07) is 8.14. The second-order valence-electron chi connectivity index (χ2n) is 8.63. The Hall–Kier alpha value is -2.45. The molecule has 1 aromatic carbocycles. The highest BCUT2D eigenvalue weighted by atomic mass is 32.1. The van der Waals surface area contributed by atoms with Crippen molar-refractivity contribution in [2.45, 2.75) is 52.9 Å². The average molecular weight is 457 g/mol. The summed E-state index contributed by atoms with van der Waals surface area (Å²) in [5.41, 5.74) is 13.4. The number of rotatable bonds is 10. The summed E-state index contributed by atoms with van der Waals surface area (Å²) in [4.78, 5) is 8.27. The van der Waals surface area contributed by atoms with Crippen LogP contribution in [0.5, 0.6) is 5.75 Å². The molecule has 0 aliphatic carbocycles. The fraction of sp³-hybridized carbons (Fsp3) is 0.542. The number of thiazole rings is 1. The minimum atomic E-state index is -0.0565. The van der Waals surface area contributed by atoms with Gasteiger partial charge in [-0.05, 0) is 89.2 Å². The molecule has 1 aliphatic heterocycles. The maximum Gasteiger partial charge on any atom is 0.211 e. The van der Waals surface area contributed by atoms with Gasteiger partial charge in [-0.3, -0.25) is 0 Å². The van der Waals surface area contributed by atoms with Crippen LogP contribution >= 0.6 is 11.3 Å². The second-order valence-corrected chi connectivity index (χ2v) is 9.62. The molecule has 32 heavy (non-hydrogen) atoms. The number of likely N-dealkylation sites (tertiary alicyclic amines) is 1. The number of ether oxygens (including phenoxy) is 1. The summed E-state index contributed by atoms with van der Waals surface area (Å²) >= 11 is 1.58. The van der Waals surface area contributed by atoms with Crippen LogP contribution in [-0.2, 0) is 0 Å². The van der Waals surface area contributed by atoms with E-state index in [1.807, 2.05) is 26.0 Å². The fourth-order valence-electron chi connectivity index (χ4n) is 4.02. The van der Waals surface area contributed by atoms with Gasteiger partial charge in [-0.15, -0.1) is 16.4 Å². The number of hydrogen-bond acceptors (Lipinski definition) is 6. The topological polar surface area (TPSA) is 102 Å². The van der Waals surface area contributed by atoms with E-state index in [0.29, 0.717) is 0 Å². The summed E-state index contributed by atoms with van der Waals surface area (Å²) in [6.45, 7) is 10.7. The molecule has 1 saturated heterocycles. The van der Waals surface area contributed by atoms with Gasteiger partial charge < -0.3 is 21.1 Å². The smallest absolute Gasteiger partial charge is 0.211 e. The lowest BCUT2D eigenvalue weighted by atomic mass is 10.00. The second kappa shape index (κ2) is 12.0. The molecule has 0 saturated carbocycles. The summed E-state index contributed by atoms with van der Waals surface area (Å²) in [7, 11) is 0. The Bertz CT molecular complexity index is 917. The van der Waals surface area contributed by atoms with Crippen molar-refractivity contribution in [2.24, 2.45) is 27.6 Å². The van der Waals surface area contributed by atoms with E-state index in [2.05, 4.69) is 39.1 Å². The number of piperidine rings is 1. The Morgan fingerprint density at radius 2 is 1.97 bits per heavy atom. The van der Waals surface area contributed by atoms with Crippen molar-refractivity contribution in [3.63, 3.8) is 0 Å². The van der Waals surface area contributed by atoms with Gasteiger partial charge in [-0.2, -0.15) is 5.10 Å². The molecule has 1 aliphatic rings. The van der Waals surface area contributed by atoms with Gasteiger partial charge in [0.2, 0.25) is 5.96 Å². The van der Waals surface area contributed by atoms with Gasteiger partial charge in [0.05, 0.1) is 22.9 Å². The van der Waals surface area contributed by atoms with Crippen LogP contribution in [0.15, 0.2) is 34.5 Å². The minimum Gasteiger partial charge on any atom is -0.494 e. The van der Waals surface area contributed by atoms with Crippen molar-refractivity contribution in [3.8, 4) is 16.3 Å². The molecule has 1 unspecified atom stereocenters. The summed E-state index contributed by atoms with van der Waals surface area (Å²) in [6.07, 6.45) is 6.30. The molecule has 0 bridgehead atoms. The molecule has 4 N–H and O–H groups in total. The van der Waals surface area contributed by atoms with Crippen molar-refractivity contribution in [2.75, 3.05) is 26.2 Å². The van der Waals surface area contributed by atoms with Crippen LogP contribution in [0, 0.1) is 12.8 Å². The highest BCUT2D eigenvalue weighted by Gasteiger charge is 2.15. The first-order valence-electron chi connectivity index (χ1n) is 11.5. The number of hydrogen-bond donors (Lipinski definition) is 2. The first-order chi connectivity index (χ1) is 15.4. The van der Waals surface area contributed by atoms with Crippen LogP contribution in [0.3, 0.4) is 0 Å². The van der Waals surface area contributed by atoms with Crippen molar-refractivity contribution in [3.05, 3.63) is 34.8 Å². The minimum absolute atomic E-state index is 0.0565. The predicted octanol–water partition coefficient (Wildman–Crippen LogP) is 4.40. The highest BCUT2D eigenvalue weighted by Crippen LogP contribution is 2.29. The number of aryl methyl sites for hydroxylation is 1. The van der Waals surface area contributed by atoms with Crippen LogP contribution in [0.4, 0.5) is 0 Å². The third-order valence-corrected chi connectivity index (χ3v) is 6.99. The number of unbranched alkanes of at least 4 members (excludes halogenated alkanes) is 2. The molecule has 174 valence electrons. The monoisotopic (exact) mass is 456 g/mol. The molecule has 2 aromatic rings. The Morgan fingerprint density at radius 3 is 2.69 bits per heavy atom. The molecule has 0 spiro atoms. The quantitative estimate of drug-likeness (QED) is 0.239. The molecular weight excluding hydrogens is 420 g/mol. The van der Waals surface area contributed by atoms with E-state index >= 15 is 0 Å². The Labute approximate surface area is 195 Å². The van der Waals surface area contributed by atoms with Crippen LogP contribution in [0.25, 0.3) is 10.6 Å². The van der Waals surface area contributed by atoms with Gasteiger partial charge in [-0.25, -0.2) is 4.98 Å². The van der Waals surface area contributed by atoms with E-state index in [0.717, 1.165) is 51.5 Å². The van der Waals surface area contributed by atoms with E-state index < -0.39 is 0 Å². The lowest BCUT2D eigenvalue weighted by molar-refractivity contribution is 0.179. The van der Waals surface area contributed by atoms with Crippen molar-refractivity contribution in [1.29, 1.82) is 0 Å². The van der Waals surface area contributed by atoms with E-state index in [9.17, 15) is 0 Å². The van der Waals surface area contributed by atoms with Gasteiger partial charge in [0.25, 0.3) is 0 Å². The molecule has 0 amide bonds. The van der Waals surface area contributed by atoms with Gasteiger partial charge in [-0.1, -0.05) is 6.92 Å². The summed E-state index contributed by atoms with van der Waals surface area (Å²) in [5.74, 6) is 1.70. The number of guanidine groups is 1. The molecule has 1 atom stereocenters. The summed E-state index contributed by atoms with van der Waals surface area (Å²) in [5, 5.41) is 8.73. The molecular formula is C24H36N6OS. The zero-order chi connectivity index (χ0) is 22.9. The lowest BCUT2D eigenvalue weighted by Gasteiger charge is -2.30. The lowest BCUT2D eigenvalue weighted by Crippen LogP contribution is -2.34. The molecule has 1 fully saturated rings. The predicted molar refractivity (Wildman–Crippen MR) is 134 cm³/mol. The standard InChI is InChI=1S/C24H36N6OS/c1-17-8-7-14-30(16-17)13-5-4-6-15-31-21-11-9-20(10-12-21)23-27-18(2)22(32-23)19(3)28-29-24(25)26/h9-12,17H,4-8,13-16H2,1-3H3,(H4,25,26,29)/b28-19+. The van der Waals surface area contributed by atoms with Gasteiger partial charge >= 0.3 is 0 Å². The van der Waals surface area contributed by atoms with Crippen LogP contribution in [-0.4, -0.2) is 47.8 Å². The highest BCUT2D eigenvalue weighted by molar-refractivity contribution is 7.17. The molecule has 1 aromatic heterocycles. The normalized spacial score (nSPS) is 17.3. The SMILES string of the molecule is C/C(=N\N=C(N)N)c1sc(-c2ccc(OCCCCCN3CCCC(C)C3)cc2)nc1C. The molecule has 8 heteroatoms. The van der Waals surface area contributed by atoms with Crippen LogP contribution in [0.1, 0.15) is 56.5 Å². The fourth-order valence-corrected chi connectivity index (χ4v) is 5.03. The van der Waals surface area contributed by atoms with Crippen molar-refractivity contribution >= 4 is 23.0 Å². The van der Waals surface area contributed by atoms with E-state index in [-0.39, 0.29) is 5.96 Å². The van der Waals surface area contributed by atoms with E-state index in [4.69, 9.17) is 16.2 Å². The maximum absolute atomic E-state index is 5.94. The third-order valence-electron chi connectivity index (χ3n) is 5.67. The van der Waals surface area contributed by atoms with Crippen molar-refractivity contribution < 1.29 is 4.74 Å². The van der Waals surface area contributed by atoms with Crippen molar-refractivity contribution in [1.82, 2.24) is 9.88 Å². The van der Waals surface area contributed by atoms with Gasteiger partial charge in [0, 0.05) is 12.1 Å². The molecule has 3 rings (SSSR count).